The van der Waals surface area contributed by atoms with Crippen molar-refractivity contribution in [1.29, 1.82) is 0 Å². The van der Waals surface area contributed by atoms with Crippen molar-refractivity contribution >= 4 is 48.9 Å². The van der Waals surface area contributed by atoms with E-state index in [0.717, 1.165) is 23.4 Å². The first kappa shape index (κ1) is 21.6. The maximum absolute atomic E-state index is 12.5. The monoisotopic (exact) mass is 457 g/mol. The Morgan fingerprint density at radius 2 is 1.79 bits per heavy atom. The fourth-order valence-electron chi connectivity index (χ4n) is 2.59. The molecule has 0 bridgehead atoms. The molecule has 0 spiro atoms. The number of hydrogen-bond donors (Lipinski definition) is 2. The topological polar surface area (TPSA) is 113 Å². The maximum Gasteiger partial charge on any atom is 0.245 e. The molecule has 0 atom stereocenters. The minimum absolute atomic E-state index is 0.0250. The van der Waals surface area contributed by atoms with Crippen LogP contribution in [0.5, 0.6) is 0 Å². The Morgan fingerprint density at radius 1 is 1.10 bits per heavy atom. The third-order valence-corrected chi connectivity index (χ3v) is 7.00. The molecule has 1 aliphatic carbocycles. The summed E-state index contributed by atoms with van der Waals surface area (Å²) >= 11 is 5.92. The lowest BCUT2D eigenvalue weighted by atomic mass is 10.3. The number of halogens is 1. The van der Waals surface area contributed by atoms with Crippen LogP contribution in [-0.4, -0.2) is 41.6 Å². The van der Waals surface area contributed by atoms with E-state index in [-0.39, 0.29) is 22.3 Å². The number of carbonyl (C=O) groups is 1. The number of hydrogen-bond acceptors (Lipinski definition) is 5. The molecule has 156 valence electrons. The zero-order chi connectivity index (χ0) is 21.2. The number of carbonyl (C=O) groups excluding carboxylic acids is 1. The van der Waals surface area contributed by atoms with Crippen molar-refractivity contribution in [3.05, 3.63) is 53.6 Å². The summed E-state index contributed by atoms with van der Waals surface area (Å²) in [7, 11) is -7.42. The Labute approximate surface area is 175 Å². The normalized spacial score (nSPS) is 14.4. The van der Waals surface area contributed by atoms with Crippen molar-refractivity contribution in [2.75, 3.05) is 22.4 Å². The van der Waals surface area contributed by atoms with Crippen molar-refractivity contribution in [3.8, 4) is 0 Å². The average Bonchev–Trinajstić information content (AvgIpc) is 3.42. The van der Waals surface area contributed by atoms with E-state index in [4.69, 9.17) is 11.6 Å². The lowest BCUT2D eigenvalue weighted by Gasteiger charge is -2.22. The predicted octanol–water partition coefficient (Wildman–Crippen LogP) is 2.19. The lowest BCUT2D eigenvalue weighted by Crippen LogP contribution is -2.37. The zero-order valence-electron chi connectivity index (χ0n) is 15.5. The average molecular weight is 458 g/mol. The van der Waals surface area contributed by atoms with Gasteiger partial charge in [-0.3, -0.25) is 9.10 Å². The Balaban J connectivity index is 1.76. The second kappa shape index (κ2) is 8.31. The largest absolute Gasteiger partial charge is 0.324 e. The van der Waals surface area contributed by atoms with Crippen LogP contribution in [-0.2, 0) is 24.8 Å². The van der Waals surface area contributed by atoms with Gasteiger partial charge in [-0.2, -0.15) is 0 Å². The first-order valence-electron chi connectivity index (χ1n) is 8.70. The molecule has 0 aliphatic heterocycles. The Bertz CT molecular complexity index is 1130. The summed E-state index contributed by atoms with van der Waals surface area (Å²) < 4.78 is 52.4. The molecule has 29 heavy (non-hydrogen) atoms. The lowest BCUT2D eigenvalue weighted by molar-refractivity contribution is -0.114. The Hall–Kier alpha value is -2.14. The van der Waals surface area contributed by atoms with Crippen LogP contribution in [0, 0.1) is 0 Å². The van der Waals surface area contributed by atoms with Crippen LogP contribution in [0.3, 0.4) is 0 Å². The van der Waals surface area contributed by atoms with Crippen molar-refractivity contribution < 1.29 is 21.6 Å². The zero-order valence-corrected chi connectivity index (χ0v) is 17.9. The van der Waals surface area contributed by atoms with E-state index in [9.17, 15) is 21.6 Å². The number of nitrogens with zero attached hydrogens (tertiary/aromatic N) is 1. The molecule has 1 amide bonds. The molecule has 0 unspecified atom stereocenters. The van der Waals surface area contributed by atoms with Crippen LogP contribution >= 0.6 is 11.6 Å². The number of nitrogens with one attached hydrogen (secondary N) is 2. The summed E-state index contributed by atoms with van der Waals surface area (Å²) in [6, 6.07) is 11.9. The summed E-state index contributed by atoms with van der Waals surface area (Å²) in [6.07, 6.45) is 2.60. The third-order valence-electron chi connectivity index (χ3n) is 4.11. The minimum Gasteiger partial charge on any atom is -0.324 e. The third kappa shape index (κ3) is 5.92. The van der Waals surface area contributed by atoms with E-state index >= 15 is 0 Å². The van der Waals surface area contributed by atoms with Crippen LogP contribution in [0.15, 0.2) is 53.4 Å². The molecule has 1 aliphatic rings. The summed E-state index contributed by atoms with van der Waals surface area (Å²) in [6.45, 7) is -0.490. The van der Waals surface area contributed by atoms with E-state index in [1.807, 2.05) is 0 Å². The molecule has 1 saturated carbocycles. The molecule has 2 aromatic carbocycles. The molecular formula is C18H20ClN3O5S2. The second-order valence-electron chi connectivity index (χ2n) is 6.72. The molecule has 2 aromatic rings. The van der Waals surface area contributed by atoms with Gasteiger partial charge in [0.1, 0.15) is 6.54 Å². The molecule has 1 fully saturated rings. The van der Waals surface area contributed by atoms with Crippen LogP contribution < -0.4 is 14.3 Å². The first-order valence-corrected chi connectivity index (χ1v) is 12.4. The van der Waals surface area contributed by atoms with Gasteiger partial charge >= 0.3 is 0 Å². The van der Waals surface area contributed by atoms with Crippen LogP contribution in [0.25, 0.3) is 0 Å². The maximum atomic E-state index is 12.5. The molecular weight excluding hydrogens is 438 g/mol. The summed E-state index contributed by atoms with van der Waals surface area (Å²) in [5.74, 6) is -0.625. The Kier molecular flexibility index (Phi) is 6.18. The second-order valence-corrected chi connectivity index (χ2v) is 10.8. The highest BCUT2D eigenvalue weighted by Gasteiger charge is 2.28. The molecule has 0 aromatic heterocycles. The van der Waals surface area contributed by atoms with Crippen molar-refractivity contribution in [2.24, 2.45) is 0 Å². The summed E-state index contributed by atoms with van der Waals surface area (Å²) in [5.41, 5.74) is 0.494. The number of amides is 1. The van der Waals surface area contributed by atoms with E-state index < -0.39 is 32.5 Å². The molecule has 8 nitrogen and oxygen atoms in total. The SMILES string of the molecule is CS(=O)(=O)N(CC(=O)Nc1cccc(S(=O)(=O)NC2CC2)c1)c1cccc(Cl)c1. The van der Waals surface area contributed by atoms with Gasteiger partial charge in [-0.25, -0.2) is 21.6 Å². The van der Waals surface area contributed by atoms with Crippen LogP contribution in [0.1, 0.15) is 12.8 Å². The fourth-order valence-corrected chi connectivity index (χ4v) is 4.98. The van der Waals surface area contributed by atoms with Gasteiger partial charge in [-0.05, 0) is 49.2 Å². The quantitative estimate of drug-likeness (QED) is 0.630. The number of anilines is 2. The first-order chi connectivity index (χ1) is 13.5. The van der Waals surface area contributed by atoms with E-state index in [2.05, 4.69) is 10.0 Å². The predicted molar refractivity (Wildman–Crippen MR) is 112 cm³/mol. The summed E-state index contributed by atoms with van der Waals surface area (Å²) in [4.78, 5) is 12.5. The van der Waals surface area contributed by atoms with Crippen LogP contribution in [0.2, 0.25) is 5.02 Å². The molecule has 2 N–H and O–H groups in total. The number of sulfonamides is 2. The van der Waals surface area contributed by atoms with Gasteiger partial charge in [-0.15, -0.1) is 0 Å². The van der Waals surface area contributed by atoms with Crippen molar-refractivity contribution in [2.45, 2.75) is 23.8 Å². The smallest absolute Gasteiger partial charge is 0.245 e. The highest BCUT2D eigenvalue weighted by molar-refractivity contribution is 7.92. The Morgan fingerprint density at radius 3 is 2.41 bits per heavy atom. The van der Waals surface area contributed by atoms with Crippen molar-refractivity contribution in [3.63, 3.8) is 0 Å². The number of benzene rings is 2. The van der Waals surface area contributed by atoms with Gasteiger partial charge in [0.05, 0.1) is 16.8 Å². The van der Waals surface area contributed by atoms with Gasteiger partial charge in [-0.1, -0.05) is 23.7 Å². The van der Waals surface area contributed by atoms with Gasteiger partial charge in [0.25, 0.3) is 0 Å². The molecule has 0 radical (unpaired) electrons. The number of rotatable bonds is 8. The van der Waals surface area contributed by atoms with E-state index in [1.165, 1.54) is 36.4 Å². The standard InChI is InChI=1S/C18H20ClN3O5S2/c1-28(24,25)22(16-6-2-4-13(19)10-16)12-18(23)20-15-5-3-7-17(11-15)29(26,27)21-14-8-9-14/h2-7,10-11,14,21H,8-9,12H2,1H3,(H,20,23). The van der Waals surface area contributed by atoms with E-state index in [0.29, 0.717) is 5.02 Å². The fraction of sp³-hybridized carbons (Fsp3) is 0.278. The highest BCUT2D eigenvalue weighted by Crippen LogP contribution is 2.24. The molecule has 3 rings (SSSR count). The highest BCUT2D eigenvalue weighted by atomic mass is 35.5. The van der Waals surface area contributed by atoms with Crippen LogP contribution in [0.4, 0.5) is 11.4 Å². The molecule has 0 heterocycles. The van der Waals surface area contributed by atoms with Gasteiger partial charge in [0, 0.05) is 16.8 Å². The minimum atomic E-state index is -3.75. The summed E-state index contributed by atoms with van der Waals surface area (Å²) in [5, 5.41) is 2.87. The van der Waals surface area contributed by atoms with Gasteiger partial charge in [0.2, 0.25) is 26.0 Å². The molecule has 11 heteroatoms. The van der Waals surface area contributed by atoms with E-state index in [1.54, 1.807) is 12.1 Å². The van der Waals surface area contributed by atoms with Crippen molar-refractivity contribution in [1.82, 2.24) is 4.72 Å². The van der Waals surface area contributed by atoms with Gasteiger partial charge < -0.3 is 5.32 Å². The van der Waals surface area contributed by atoms with Gasteiger partial charge in [0.15, 0.2) is 0 Å². The molecule has 0 saturated heterocycles.